The fraction of sp³-hybridized carbons (Fsp3) is 0.190. The standard InChI is InChI=1S/C21H21N3O3S/c1-4-27-21(26)17-8-5-6-9-18(17)24-14(2)12-16(15(24)3)13-22-23-20(25)19-10-7-11-28-19/h5-13H,4H2,1-3H3,(H,23,25)/b22-13-. The van der Waals surface area contributed by atoms with Crippen LogP contribution in [0.25, 0.3) is 5.69 Å². The number of nitrogens with zero attached hydrogens (tertiary/aromatic N) is 2. The second-order valence-corrected chi connectivity index (χ2v) is 7.02. The Morgan fingerprint density at radius 3 is 2.71 bits per heavy atom. The molecule has 2 heterocycles. The first-order valence-corrected chi connectivity index (χ1v) is 9.73. The lowest BCUT2D eigenvalue weighted by Gasteiger charge is -2.14. The van der Waals surface area contributed by atoms with E-state index in [2.05, 4.69) is 10.5 Å². The first-order valence-electron chi connectivity index (χ1n) is 8.85. The van der Waals surface area contributed by atoms with Gasteiger partial charge in [0.1, 0.15) is 0 Å². The highest BCUT2D eigenvalue weighted by Gasteiger charge is 2.17. The fourth-order valence-corrected chi connectivity index (χ4v) is 3.58. The number of para-hydroxylation sites is 1. The third kappa shape index (κ3) is 4.04. The number of carbonyl (C=O) groups is 2. The molecule has 0 saturated heterocycles. The molecule has 0 fully saturated rings. The van der Waals surface area contributed by atoms with E-state index in [9.17, 15) is 9.59 Å². The zero-order valence-corrected chi connectivity index (χ0v) is 16.7. The lowest BCUT2D eigenvalue weighted by Crippen LogP contribution is -2.16. The maximum absolute atomic E-state index is 12.3. The molecule has 0 aliphatic rings. The van der Waals surface area contributed by atoms with Gasteiger partial charge < -0.3 is 9.30 Å². The fourth-order valence-electron chi connectivity index (χ4n) is 2.96. The molecule has 0 bridgehead atoms. The van der Waals surface area contributed by atoms with E-state index < -0.39 is 0 Å². The molecule has 0 saturated carbocycles. The molecule has 0 aliphatic heterocycles. The zero-order valence-electron chi connectivity index (χ0n) is 15.9. The van der Waals surface area contributed by atoms with E-state index in [0.717, 1.165) is 22.6 Å². The number of hydrazone groups is 1. The van der Waals surface area contributed by atoms with Gasteiger partial charge in [-0.05, 0) is 50.4 Å². The Labute approximate surface area is 167 Å². The number of amides is 1. The van der Waals surface area contributed by atoms with Crippen LogP contribution in [0.1, 0.15) is 43.9 Å². The molecule has 1 aromatic carbocycles. The Morgan fingerprint density at radius 2 is 2.00 bits per heavy atom. The van der Waals surface area contributed by atoms with Gasteiger partial charge in [-0.15, -0.1) is 11.3 Å². The first kappa shape index (κ1) is 19.6. The second kappa shape index (κ2) is 8.67. The molecule has 1 amide bonds. The summed E-state index contributed by atoms with van der Waals surface area (Å²) in [5, 5.41) is 5.91. The summed E-state index contributed by atoms with van der Waals surface area (Å²) in [4.78, 5) is 24.9. The van der Waals surface area contributed by atoms with Crippen LogP contribution >= 0.6 is 11.3 Å². The van der Waals surface area contributed by atoms with Crippen LogP contribution < -0.4 is 5.43 Å². The van der Waals surface area contributed by atoms with E-state index in [-0.39, 0.29) is 11.9 Å². The molecule has 0 radical (unpaired) electrons. The Bertz CT molecular complexity index is 1020. The van der Waals surface area contributed by atoms with Crippen molar-refractivity contribution in [1.82, 2.24) is 9.99 Å². The molecule has 0 atom stereocenters. The molecule has 6 nitrogen and oxygen atoms in total. The van der Waals surface area contributed by atoms with Gasteiger partial charge in [0.2, 0.25) is 0 Å². The number of hydrogen-bond donors (Lipinski definition) is 1. The van der Waals surface area contributed by atoms with Crippen molar-refractivity contribution in [2.45, 2.75) is 20.8 Å². The molecule has 144 valence electrons. The summed E-state index contributed by atoms with van der Waals surface area (Å²) in [5.41, 5.74) is 6.48. The number of carbonyl (C=O) groups excluding carboxylic acids is 2. The van der Waals surface area contributed by atoms with E-state index in [1.807, 2.05) is 54.1 Å². The van der Waals surface area contributed by atoms with Crippen LogP contribution in [0.4, 0.5) is 0 Å². The number of nitrogens with one attached hydrogen (secondary N) is 1. The highest BCUT2D eigenvalue weighted by molar-refractivity contribution is 7.12. The Hall–Kier alpha value is -3.19. The van der Waals surface area contributed by atoms with E-state index in [1.165, 1.54) is 11.3 Å². The molecular weight excluding hydrogens is 374 g/mol. The maximum atomic E-state index is 12.3. The van der Waals surface area contributed by atoms with E-state index in [1.54, 1.807) is 25.3 Å². The highest BCUT2D eigenvalue weighted by atomic mass is 32.1. The Kier molecular flexibility index (Phi) is 6.06. The van der Waals surface area contributed by atoms with Crippen LogP contribution in [0, 0.1) is 13.8 Å². The summed E-state index contributed by atoms with van der Waals surface area (Å²) in [6, 6.07) is 12.8. The molecule has 3 rings (SSSR count). The average Bonchev–Trinajstić information content (AvgIpc) is 3.31. The monoisotopic (exact) mass is 395 g/mol. The molecular formula is C21H21N3O3S. The van der Waals surface area contributed by atoms with Crippen molar-refractivity contribution in [2.75, 3.05) is 6.61 Å². The lowest BCUT2D eigenvalue weighted by molar-refractivity contribution is 0.0526. The van der Waals surface area contributed by atoms with Gasteiger partial charge in [0, 0.05) is 17.0 Å². The van der Waals surface area contributed by atoms with Gasteiger partial charge in [-0.1, -0.05) is 18.2 Å². The maximum Gasteiger partial charge on any atom is 0.340 e. The minimum atomic E-state index is -0.357. The van der Waals surface area contributed by atoms with Crippen molar-refractivity contribution in [1.29, 1.82) is 0 Å². The largest absolute Gasteiger partial charge is 0.462 e. The van der Waals surface area contributed by atoms with Crippen LogP contribution in [0.5, 0.6) is 0 Å². The van der Waals surface area contributed by atoms with Gasteiger partial charge in [0.05, 0.1) is 28.9 Å². The quantitative estimate of drug-likeness (QED) is 0.388. The summed E-state index contributed by atoms with van der Waals surface area (Å²) >= 11 is 1.36. The van der Waals surface area contributed by atoms with Crippen LogP contribution in [0.15, 0.2) is 52.9 Å². The third-order valence-electron chi connectivity index (χ3n) is 4.23. The summed E-state index contributed by atoms with van der Waals surface area (Å²) in [6.07, 6.45) is 1.61. The summed E-state index contributed by atoms with van der Waals surface area (Å²) < 4.78 is 7.16. The van der Waals surface area contributed by atoms with Gasteiger partial charge in [-0.2, -0.15) is 5.10 Å². The number of aryl methyl sites for hydroxylation is 1. The summed E-state index contributed by atoms with van der Waals surface area (Å²) in [7, 11) is 0. The van der Waals surface area contributed by atoms with Crippen molar-refractivity contribution in [3.8, 4) is 5.69 Å². The molecule has 3 aromatic rings. The predicted molar refractivity (Wildman–Crippen MR) is 111 cm³/mol. The van der Waals surface area contributed by atoms with Gasteiger partial charge in [-0.25, -0.2) is 10.2 Å². The van der Waals surface area contributed by atoms with E-state index in [4.69, 9.17) is 4.74 Å². The topological polar surface area (TPSA) is 72.7 Å². The number of benzene rings is 1. The number of aromatic nitrogens is 1. The molecule has 0 aliphatic carbocycles. The van der Waals surface area contributed by atoms with Crippen LogP contribution in [0.3, 0.4) is 0 Å². The van der Waals surface area contributed by atoms with Crippen LogP contribution in [-0.4, -0.2) is 29.3 Å². The lowest BCUT2D eigenvalue weighted by atomic mass is 10.1. The van der Waals surface area contributed by atoms with E-state index >= 15 is 0 Å². The minimum Gasteiger partial charge on any atom is -0.462 e. The molecule has 0 unspecified atom stereocenters. The number of ether oxygens (including phenoxy) is 1. The Morgan fingerprint density at radius 1 is 1.21 bits per heavy atom. The summed E-state index contributed by atoms with van der Waals surface area (Å²) in [5.74, 6) is -0.600. The summed E-state index contributed by atoms with van der Waals surface area (Å²) in [6.45, 7) is 6.00. The van der Waals surface area contributed by atoms with Gasteiger partial charge in [-0.3, -0.25) is 4.79 Å². The average molecular weight is 395 g/mol. The van der Waals surface area contributed by atoms with E-state index in [0.29, 0.717) is 17.0 Å². The molecule has 7 heteroatoms. The molecule has 0 spiro atoms. The number of hydrogen-bond acceptors (Lipinski definition) is 5. The normalized spacial score (nSPS) is 11.0. The second-order valence-electron chi connectivity index (χ2n) is 6.08. The smallest absolute Gasteiger partial charge is 0.340 e. The predicted octanol–water partition coefficient (Wildman–Crippen LogP) is 4.10. The zero-order chi connectivity index (χ0) is 20.1. The number of rotatable bonds is 6. The van der Waals surface area contributed by atoms with Crippen molar-refractivity contribution in [2.24, 2.45) is 5.10 Å². The van der Waals surface area contributed by atoms with Crippen molar-refractivity contribution >= 4 is 29.4 Å². The first-order chi connectivity index (χ1) is 13.5. The van der Waals surface area contributed by atoms with Crippen molar-refractivity contribution in [3.05, 3.63) is 75.2 Å². The van der Waals surface area contributed by atoms with Gasteiger partial charge in [0.15, 0.2) is 0 Å². The SMILES string of the molecule is CCOC(=O)c1ccccc1-n1c(C)cc(/C=N\NC(=O)c2cccs2)c1C. The third-order valence-corrected chi connectivity index (χ3v) is 5.09. The number of thiophene rings is 1. The van der Waals surface area contributed by atoms with Crippen LogP contribution in [-0.2, 0) is 4.74 Å². The van der Waals surface area contributed by atoms with Crippen molar-refractivity contribution in [3.63, 3.8) is 0 Å². The Balaban J connectivity index is 1.88. The highest BCUT2D eigenvalue weighted by Crippen LogP contribution is 2.23. The van der Waals surface area contributed by atoms with Gasteiger partial charge >= 0.3 is 5.97 Å². The number of esters is 1. The minimum absolute atomic E-state index is 0.243. The van der Waals surface area contributed by atoms with Crippen LogP contribution in [0.2, 0.25) is 0 Å². The molecule has 2 aromatic heterocycles. The van der Waals surface area contributed by atoms with Gasteiger partial charge in [0.25, 0.3) is 5.91 Å². The molecule has 1 N–H and O–H groups in total. The van der Waals surface area contributed by atoms with Crippen molar-refractivity contribution < 1.29 is 14.3 Å². The molecule has 28 heavy (non-hydrogen) atoms.